The van der Waals surface area contributed by atoms with Gasteiger partial charge in [0, 0.05) is 13.7 Å². The molecule has 0 unspecified atom stereocenters. The van der Waals surface area contributed by atoms with E-state index in [2.05, 4.69) is 5.32 Å². The molecule has 9 heteroatoms. The second-order valence-electron chi connectivity index (χ2n) is 4.73. The highest BCUT2D eigenvalue weighted by atomic mass is 16.5. The molecule has 25 heavy (non-hydrogen) atoms. The van der Waals surface area contributed by atoms with Crippen molar-refractivity contribution in [3.63, 3.8) is 0 Å². The zero-order chi connectivity index (χ0) is 18.5. The van der Waals surface area contributed by atoms with Gasteiger partial charge in [0.15, 0.2) is 6.61 Å². The lowest BCUT2D eigenvalue weighted by atomic mass is 10.3. The average molecular weight is 354 g/mol. The van der Waals surface area contributed by atoms with Crippen LogP contribution in [0.1, 0.15) is 6.42 Å². The molecule has 1 aromatic carbocycles. The number of ether oxygens (including phenoxy) is 4. The number of nitrogens with one attached hydrogen (secondary N) is 2. The average Bonchev–Trinajstić information content (AvgIpc) is 2.61. The van der Waals surface area contributed by atoms with Crippen molar-refractivity contribution in [3.8, 4) is 11.5 Å². The van der Waals surface area contributed by atoms with E-state index < -0.39 is 24.5 Å². The fourth-order valence-corrected chi connectivity index (χ4v) is 1.62. The van der Waals surface area contributed by atoms with Gasteiger partial charge in [-0.2, -0.15) is 0 Å². The summed E-state index contributed by atoms with van der Waals surface area (Å²) in [5.74, 6) is -0.0501. The maximum Gasteiger partial charge on any atom is 0.321 e. The molecule has 0 heterocycles. The second-order valence-corrected chi connectivity index (χ2v) is 4.73. The summed E-state index contributed by atoms with van der Waals surface area (Å²) in [5.41, 5.74) is 0. The number of hydrogen-bond donors (Lipinski definition) is 2. The van der Waals surface area contributed by atoms with Crippen LogP contribution in [0, 0.1) is 0 Å². The van der Waals surface area contributed by atoms with Crippen LogP contribution < -0.4 is 20.1 Å². The largest absolute Gasteiger partial charge is 0.497 e. The zero-order valence-electron chi connectivity index (χ0n) is 14.2. The van der Waals surface area contributed by atoms with Crippen LogP contribution in [-0.2, 0) is 19.1 Å². The van der Waals surface area contributed by atoms with Gasteiger partial charge in [-0.05, 0) is 24.3 Å². The Balaban J connectivity index is 2.15. The number of carbonyl (C=O) groups is 3. The van der Waals surface area contributed by atoms with Crippen molar-refractivity contribution in [3.05, 3.63) is 24.3 Å². The fourth-order valence-electron chi connectivity index (χ4n) is 1.62. The van der Waals surface area contributed by atoms with Crippen LogP contribution in [0.15, 0.2) is 24.3 Å². The van der Waals surface area contributed by atoms with E-state index in [0.717, 1.165) is 0 Å². The number of amides is 3. The van der Waals surface area contributed by atoms with E-state index in [1.165, 1.54) is 7.11 Å². The third-order valence-electron chi connectivity index (χ3n) is 2.84. The highest BCUT2D eigenvalue weighted by Gasteiger charge is 2.10. The summed E-state index contributed by atoms with van der Waals surface area (Å²) >= 11 is 0. The van der Waals surface area contributed by atoms with Crippen LogP contribution in [0.25, 0.3) is 0 Å². The Labute approximate surface area is 145 Å². The Kier molecular flexibility index (Phi) is 9.46. The van der Waals surface area contributed by atoms with Gasteiger partial charge < -0.3 is 24.3 Å². The SMILES string of the molecule is COCCNC(=O)NC(=O)COC(=O)CCOc1ccc(OC)cc1. The molecule has 9 nitrogen and oxygen atoms in total. The van der Waals surface area contributed by atoms with E-state index in [0.29, 0.717) is 18.1 Å². The van der Waals surface area contributed by atoms with Gasteiger partial charge in [-0.3, -0.25) is 14.9 Å². The quantitative estimate of drug-likeness (QED) is 0.464. The van der Waals surface area contributed by atoms with E-state index >= 15 is 0 Å². The Morgan fingerprint density at radius 1 is 1.00 bits per heavy atom. The summed E-state index contributed by atoms with van der Waals surface area (Å²) < 4.78 is 19.9. The van der Waals surface area contributed by atoms with E-state index in [1.54, 1.807) is 31.4 Å². The summed E-state index contributed by atoms with van der Waals surface area (Å²) in [5, 5.41) is 4.42. The molecule has 0 bridgehead atoms. The van der Waals surface area contributed by atoms with Gasteiger partial charge >= 0.3 is 12.0 Å². The molecular weight excluding hydrogens is 332 g/mol. The minimum Gasteiger partial charge on any atom is -0.497 e. The molecule has 3 amide bonds. The summed E-state index contributed by atoms with van der Waals surface area (Å²) in [4.78, 5) is 34.2. The normalized spacial score (nSPS) is 9.84. The smallest absolute Gasteiger partial charge is 0.321 e. The van der Waals surface area contributed by atoms with Crippen molar-refractivity contribution in [1.29, 1.82) is 0 Å². The van der Waals surface area contributed by atoms with Crippen molar-refractivity contribution in [1.82, 2.24) is 10.6 Å². The van der Waals surface area contributed by atoms with Gasteiger partial charge in [0.2, 0.25) is 0 Å². The molecule has 1 rings (SSSR count). The molecule has 0 atom stereocenters. The number of imide groups is 1. The molecule has 2 N–H and O–H groups in total. The third-order valence-corrected chi connectivity index (χ3v) is 2.84. The fraction of sp³-hybridized carbons (Fsp3) is 0.438. The van der Waals surface area contributed by atoms with E-state index in [4.69, 9.17) is 18.9 Å². The van der Waals surface area contributed by atoms with Gasteiger partial charge in [0.25, 0.3) is 5.91 Å². The first-order valence-electron chi connectivity index (χ1n) is 7.54. The van der Waals surface area contributed by atoms with E-state index in [-0.39, 0.29) is 19.6 Å². The monoisotopic (exact) mass is 354 g/mol. The minimum atomic E-state index is -0.723. The molecule has 1 aromatic rings. The molecule has 0 aliphatic rings. The van der Waals surface area contributed by atoms with Gasteiger partial charge in [-0.25, -0.2) is 4.79 Å². The Morgan fingerprint density at radius 3 is 2.32 bits per heavy atom. The number of esters is 1. The highest BCUT2D eigenvalue weighted by Crippen LogP contribution is 2.16. The predicted molar refractivity (Wildman–Crippen MR) is 87.5 cm³/mol. The highest BCUT2D eigenvalue weighted by molar-refractivity contribution is 5.95. The molecule has 0 radical (unpaired) electrons. The van der Waals surface area contributed by atoms with Crippen molar-refractivity contribution in [2.75, 3.05) is 40.6 Å². The molecule has 0 spiro atoms. The predicted octanol–water partition coefficient (Wildman–Crippen LogP) is 0.480. The number of methoxy groups -OCH3 is 2. The lowest BCUT2D eigenvalue weighted by Gasteiger charge is -2.08. The van der Waals surface area contributed by atoms with Crippen molar-refractivity contribution in [2.24, 2.45) is 0 Å². The molecule has 0 aromatic heterocycles. The summed E-state index contributed by atoms with van der Waals surface area (Å²) in [7, 11) is 3.05. The summed E-state index contributed by atoms with van der Waals surface area (Å²) in [6.45, 7) is 0.145. The Morgan fingerprint density at radius 2 is 1.68 bits per heavy atom. The van der Waals surface area contributed by atoms with Crippen LogP contribution in [-0.4, -0.2) is 58.5 Å². The summed E-state index contributed by atoms with van der Waals surface area (Å²) in [6.07, 6.45) is -0.0284. The van der Waals surface area contributed by atoms with Crippen LogP contribution in [0.2, 0.25) is 0 Å². The lowest BCUT2D eigenvalue weighted by molar-refractivity contribution is -0.148. The van der Waals surface area contributed by atoms with E-state index in [1.807, 2.05) is 5.32 Å². The molecule has 0 aliphatic carbocycles. The lowest BCUT2D eigenvalue weighted by Crippen LogP contribution is -2.42. The molecular formula is C16H22N2O7. The first kappa shape index (κ1) is 20.2. The van der Waals surface area contributed by atoms with Crippen molar-refractivity contribution in [2.45, 2.75) is 6.42 Å². The van der Waals surface area contributed by atoms with E-state index in [9.17, 15) is 14.4 Å². The molecule has 0 aliphatic heterocycles. The van der Waals surface area contributed by atoms with Gasteiger partial charge in [-0.1, -0.05) is 0 Å². The van der Waals surface area contributed by atoms with Crippen molar-refractivity contribution < 1.29 is 33.3 Å². The maximum atomic E-state index is 11.5. The topological polar surface area (TPSA) is 112 Å². The first-order valence-corrected chi connectivity index (χ1v) is 7.54. The number of benzene rings is 1. The second kappa shape index (κ2) is 11.7. The van der Waals surface area contributed by atoms with Gasteiger partial charge in [-0.15, -0.1) is 0 Å². The first-order chi connectivity index (χ1) is 12.0. The molecule has 0 saturated heterocycles. The zero-order valence-corrected chi connectivity index (χ0v) is 14.2. The van der Waals surface area contributed by atoms with Crippen LogP contribution in [0.4, 0.5) is 4.79 Å². The van der Waals surface area contributed by atoms with Crippen LogP contribution in [0.3, 0.4) is 0 Å². The maximum absolute atomic E-state index is 11.5. The third kappa shape index (κ3) is 9.16. The van der Waals surface area contributed by atoms with Crippen molar-refractivity contribution >= 4 is 17.9 Å². The number of rotatable bonds is 10. The number of urea groups is 1. The van der Waals surface area contributed by atoms with Crippen LogP contribution in [0.5, 0.6) is 11.5 Å². The number of carbonyl (C=O) groups excluding carboxylic acids is 3. The Bertz CT molecular complexity index is 560. The number of hydrogen-bond acceptors (Lipinski definition) is 7. The molecule has 138 valence electrons. The Hall–Kier alpha value is -2.81. The molecule has 0 saturated carbocycles. The standard InChI is InChI=1S/C16H22N2O7/c1-22-10-8-17-16(21)18-14(19)11-25-15(20)7-9-24-13-5-3-12(23-2)4-6-13/h3-6H,7-11H2,1-2H3,(H2,17,18,19,21). The molecule has 0 fully saturated rings. The van der Waals surface area contributed by atoms with Crippen LogP contribution >= 0.6 is 0 Å². The van der Waals surface area contributed by atoms with Gasteiger partial charge in [0.1, 0.15) is 11.5 Å². The summed E-state index contributed by atoms with van der Waals surface area (Å²) in [6, 6.07) is 6.20. The van der Waals surface area contributed by atoms with Gasteiger partial charge in [0.05, 0.1) is 26.7 Å². The minimum absolute atomic E-state index is 0.0284.